The van der Waals surface area contributed by atoms with Crippen molar-refractivity contribution in [2.24, 2.45) is 17.8 Å². The number of rotatable bonds is 8. The van der Waals surface area contributed by atoms with Crippen LogP contribution in [-0.4, -0.2) is 65.6 Å². The van der Waals surface area contributed by atoms with Crippen LogP contribution in [0.15, 0.2) is 69.8 Å². The summed E-state index contributed by atoms with van der Waals surface area (Å²) in [6.45, 7) is -0.100. The fourth-order valence-corrected chi connectivity index (χ4v) is 7.66. The lowest BCUT2D eigenvalue weighted by Crippen LogP contribution is -2.39. The van der Waals surface area contributed by atoms with Crippen molar-refractivity contribution in [2.75, 3.05) is 37.1 Å². The van der Waals surface area contributed by atoms with Crippen LogP contribution in [0, 0.1) is 38.0 Å². The molecule has 1 heterocycles. The number of carbonyl (C=O) groups is 4. The van der Waals surface area contributed by atoms with Gasteiger partial charge in [0.1, 0.15) is 12.4 Å². The molecule has 0 radical (unpaired) electrons. The second-order valence-corrected chi connectivity index (χ2v) is 12.6. The van der Waals surface area contributed by atoms with Gasteiger partial charge in [0.2, 0.25) is 11.8 Å². The van der Waals surface area contributed by atoms with Crippen molar-refractivity contribution >= 4 is 62.1 Å². The van der Waals surface area contributed by atoms with E-state index >= 15 is 0 Å². The first-order valence-corrected chi connectivity index (χ1v) is 15.4. The van der Waals surface area contributed by atoms with Crippen molar-refractivity contribution in [3.8, 4) is 5.75 Å². The number of hydrogen-bond donors (Lipinski definition) is 1. The summed E-state index contributed by atoms with van der Waals surface area (Å²) in [6.07, 6.45) is 3.14. The van der Waals surface area contributed by atoms with E-state index < -0.39 is 62.5 Å². The van der Waals surface area contributed by atoms with Gasteiger partial charge in [0, 0.05) is 49.4 Å². The minimum absolute atomic E-state index is 0.00321. The van der Waals surface area contributed by atoms with E-state index in [0.717, 1.165) is 17.0 Å². The van der Waals surface area contributed by atoms with Gasteiger partial charge >= 0.3 is 11.4 Å². The zero-order valence-electron chi connectivity index (χ0n) is 25.0. The van der Waals surface area contributed by atoms with E-state index in [1.54, 1.807) is 24.3 Å². The Morgan fingerprint density at radius 3 is 2.21 bits per heavy atom. The highest BCUT2D eigenvalue weighted by atomic mass is 79.9. The second-order valence-electron chi connectivity index (χ2n) is 11.8. The number of nitro benzene ring substituents is 2. The molecule has 2 aromatic rings. The quantitative estimate of drug-likeness (QED) is 0.138. The first-order chi connectivity index (χ1) is 22.3. The number of ether oxygens (including phenoxy) is 1. The molecule has 1 aliphatic heterocycles. The average Bonchev–Trinajstić information content (AvgIpc) is 3.30. The highest BCUT2D eigenvalue weighted by Crippen LogP contribution is 2.56. The molecule has 0 aromatic heterocycles. The Balaban J connectivity index is 1.45. The van der Waals surface area contributed by atoms with Gasteiger partial charge in [-0.15, -0.1) is 0 Å². The molecular weight excluding hydrogens is 680 g/mol. The molecule has 0 saturated carbocycles. The fraction of sp³-hybridized carbons (Fsp3) is 0.312. The molecule has 0 spiro atoms. The number of anilines is 2. The van der Waals surface area contributed by atoms with E-state index in [1.165, 1.54) is 25.1 Å². The first kappa shape index (κ1) is 31.9. The third kappa shape index (κ3) is 5.15. The number of ketones is 2. The maximum Gasteiger partial charge on any atom is 0.301 e. The van der Waals surface area contributed by atoms with Gasteiger partial charge in [-0.2, -0.15) is 0 Å². The number of hydrogen-bond acceptors (Lipinski definition) is 11. The highest BCUT2D eigenvalue weighted by molar-refractivity contribution is 9.12. The number of carbonyl (C=O) groups excluding carboxylic acids is 4. The monoisotopic (exact) mass is 706 g/mol. The summed E-state index contributed by atoms with van der Waals surface area (Å²) >= 11 is 3.19. The Morgan fingerprint density at radius 1 is 1.00 bits per heavy atom. The minimum atomic E-state index is -0.995. The van der Waals surface area contributed by atoms with Gasteiger partial charge in [-0.05, 0) is 52.4 Å². The summed E-state index contributed by atoms with van der Waals surface area (Å²) < 4.78 is 5.55. The van der Waals surface area contributed by atoms with E-state index in [1.807, 2.05) is 6.08 Å². The number of nitro groups is 2. The number of imide groups is 1. The molecule has 6 rings (SSSR count). The van der Waals surface area contributed by atoms with Crippen LogP contribution in [0.25, 0.3) is 0 Å². The van der Waals surface area contributed by atoms with E-state index in [4.69, 9.17) is 9.84 Å². The number of Topliss-reactive ketones (excluding diaryl/α,β-unsaturated/α-hetero) is 1. The van der Waals surface area contributed by atoms with Crippen molar-refractivity contribution in [2.45, 2.75) is 18.8 Å². The van der Waals surface area contributed by atoms with Crippen LogP contribution < -0.4 is 14.5 Å². The molecule has 1 fully saturated rings. The zero-order valence-corrected chi connectivity index (χ0v) is 26.6. The molecule has 47 heavy (non-hydrogen) atoms. The van der Waals surface area contributed by atoms with E-state index in [0.29, 0.717) is 16.9 Å². The van der Waals surface area contributed by atoms with Crippen LogP contribution in [0.3, 0.4) is 0 Å². The summed E-state index contributed by atoms with van der Waals surface area (Å²) in [5.74, 6) is -4.96. The summed E-state index contributed by atoms with van der Waals surface area (Å²) in [5.41, 5.74) is -0.0309. The van der Waals surface area contributed by atoms with Gasteiger partial charge in [-0.1, -0.05) is 23.8 Å². The molecule has 3 aliphatic carbocycles. The topological polar surface area (TPSA) is 190 Å². The molecule has 242 valence electrons. The normalized spacial score (nSPS) is 23.5. The number of fused-ring (bicyclic) bond motifs is 3. The number of halogens is 1. The van der Waals surface area contributed by atoms with Gasteiger partial charge in [0.05, 0.1) is 38.5 Å². The second kappa shape index (κ2) is 12.0. The Labute approximate surface area is 275 Å². The molecule has 1 N–H and O–H groups in total. The van der Waals surface area contributed by atoms with Gasteiger partial charge < -0.3 is 14.7 Å². The third-order valence-electron chi connectivity index (χ3n) is 9.06. The standard InChI is InChI=1S/C32H27BrN4O10/c1-34(2)29-23(36(43)44)11-16(12-24(29)37(45)46)35-31(41)19-8-7-18-20(27(19)32(35)42)13-21-28(25(39)14-22(33)30(21)40)26(18)15-3-5-17(6-4-15)47-10-9-38/h3-7,11-12,14,19-20,26-27,38H,8-10,13H2,1-2H3. The molecular formula is C32H27BrN4O10. The number of benzene rings is 2. The molecule has 4 aliphatic rings. The van der Waals surface area contributed by atoms with Crippen LogP contribution in [-0.2, 0) is 19.2 Å². The lowest BCUT2D eigenvalue weighted by molar-refractivity contribution is -0.392. The number of allylic oxidation sites excluding steroid dienone is 6. The van der Waals surface area contributed by atoms with Crippen LogP contribution in [0.2, 0.25) is 0 Å². The molecule has 2 aromatic carbocycles. The summed E-state index contributed by atoms with van der Waals surface area (Å²) in [6, 6.07) is 8.79. The van der Waals surface area contributed by atoms with E-state index in [2.05, 4.69) is 15.9 Å². The zero-order chi connectivity index (χ0) is 33.9. The summed E-state index contributed by atoms with van der Waals surface area (Å²) in [4.78, 5) is 79.4. The van der Waals surface area contributed by atoms with E-state index in [-0.39, 0.29) is 58.8 Å². The predicted molar refractivity (Wildman–Crippen MR) is 170 cm³/mol. The van der Waals surface area contributed by atoms with Crippen molar-refractivity contribution in [3.63, 3.8) is 0 Å². The number of aliphatic hydroxyl groups is 1. The number of nitrogens with zero attached hydrogens (tertiary/aromatic N) is 4. The first-order valence-electron chi connectivity index (χ1n) is 14.6. The Kier molecular flexibility index (Phi) is 8.13. The highest BCUT2D eigenvalue weighted by Gasteiger charge is 2.57. The molecule has 0 bridgehead atoms. The van der Waals surface area contributed by atoms with Gasteiger partial charge in [-0.25, -0.2) is 4.90 Å². The molecule has 1 saturated heterocycles. The predicted octanol–water partition coefficient (Wildman–Crippen LogP) is 3.91. The van der Waals surface area contributed by atoms with Gasteiger partial charge in [-0.3, -0.25) is 39.4 Å². The largest absolute Gasteiger partial charge is 0.491 e. The average molecular weight is 707 g/mol. The summed E-state index contributed by atoms with van der Waals surface area (Å²) in [5, 5.41) is 33.1. The molecule has 4 atom stereocenters. The third-order valence-corrected chi connectivity index (χ3v) is 9.65. The molecule has 14 nitrogen and oxygen atoms in total. The Morgan fingerprint density at radius 2 is 1.64 bits per heavy atom. The molecule has 2 amide bonds. The Hall–Kier alpha value is -5.02. The Bertz CT molecular complexity index is 1840. The van der Waals surface area contributed by atoms with Gasteiger partial charge in [0.15, 0.2) is 17.3 Å². The van der Waals surface area contributed by atoms with Crippen molar-refractivity contribution in [1.29, 1.82) is 0 Å². The van der Waals surface area contributed by atoms with Crippen LogP contribution in [0.5, 0.6) is 5.75 Å². The lowest BCUT2D eigenvalue weighted by atomic mass is 9.59. The van der Waals surface area contributed by atoms with Gasteiger partial charge in [0.25, 0.3) is 0 Å². The minimum Gasteiger partial charge on any atom is -0.491 e. The lowest BCUT2D eigenvalue weighted by Gasteiger charge is -2.42. The fourth-order valence-electron chi connectivity index (χ4n) is 7.22. The SMILES string of the molecule is CN(C)c1c([N+](=O)[O-])cc(N2C(=O)C3CC=C4C(c5ccc(OCCO)cc5)C5=C(CC4C3C2=O)C(=O)C(Br)=CC5=O)cc1[N+](=O)[O-]. The van der Waals surface area contributed by atoms with E-state index in [9.17, 15) is 39.4 Å². The van der Waals surface area contributed by atoms with Crippen molar-refractivity contribution < 1.29 is 38.9 Å². The number of amides is 2. The maximum atomic E-state index is 14.2. The van der Waals surface area contributed by atoms with Crippen molar-refractivity contribution in [3.05, 3.63) is 95.5 Å². The smallest absolute Gasteiger partial charge is 0.301 e. The van der Waals surface area contributed by atoms with Crippen LogP contribution >= 0.6 is 15.9 Å². The van der Waals surface area contributed by atoms with Crippen molar-refractivity contribution in [1.82, 2.24) is 0 Å². The maximum absolute atomic E-state index is 14.2. The molecule has 15 heteroatoms. The van der Waals surface area contributed by atoms with Crippen LogP contribution in [0.4, 0.5) is 22.7 Å². The summed E-state index contributed by atoms with van der Waals surface area (Å²) in [7, 11) is 2.82. The van der Waals surface area contributed by atoms with Crippen LogP contribution in [0.1, 0.15) is 24.3 Å². The number of aliphatic hydroxyl groups excluding tert-OH is 1. The molecule has 4 unspecified atom stereocenters.